The van der Waals surface area contributed by atoms with Crippen LogP contribution in [0.5, 0.6) is 0 Å². The molecule has 0 aliphatic carbocycles. The summed E-state index contributed by atoms with van der Waals surface area (Å²) in [6.45, 7) is 2.33. The third-order valence-electron chi connectivity index (χ3n) is 6.12. The highest BCUT2D eigenvalue weighted by atomic mass is 35.5. The fourth-order valence-corrected chi connectivity index (χ4v) is 4.61. The molecule has 5 rings (SSSR count). The van der Waals surface area contributed by atoms with E-state index in [9.17, 15) is 13.9 Å². The zero-order valence-corrected chi connectivity index (χ0v) is 18.4. The molecule has 0 bridgehead atoms. The SMILES string of the molecule is Cl.OC(CCCN1Cc2c(n(-c3ccc(F)cc3)c3ccc(F)cc23)C1)c1ccccc1. The van der Waals surface area contributed by atoms with Gasteiger partial charge < -0.3 is 9.67 Å². The molecule has 0 saturated heterocycles. The highest BCUT2D eigenvalue weighted by molar-refractivity contribution is 5.88. The van der Waals surface area contributed by atoms with E-state index < -0.39 is 6.10 Å². The van der Waals surface area contributed by atoms with Crippen LogP contribution in [0.4, 0.5) is 8.78 Å². The number of nitrogens with zero attached hydrogens (tertiary/aromatic N) is 2. The second-order valence-corrected chi connectivity index (χ2v) is 8.18. The van der Waals surface area contributed by atoms with Gasteiger partial charge >= 0.3 is 0 Å². The number of aliphatic hydroxyl groups excluding tert-OH is 1. The zero-order valence-electron chi connectivity index (χ0n) is 17.5. The lowest BCUT2D eigenvalue weighted by Crippen LogP contribution is -2.19. The first-order valence-electron chi connectivity index (χ1n) is 10.6. The summed E-state index contributed by atoms with van der Waals surface area (Å²) >= 11 is 0. The van der Waals surface area contributed by atoms with Crippen LogP contribution in [0.15, 0.2) is 72.8 Å². The molecule has 1 N–H and O–H groups in total. The van der Waals surface area contributed by atoms with Gasteiger partial charge in [-0.3, -0.25) is 4.90 Å². The van der Waals surface area contributed by atoms with E-state index in [-0.39, 0.29) is 24.0 Å². The summed E-state index contributed by atoms with van der Waals surface area (Å²) in [4.78, 5) is 2.33. The average molecular weight is 455 g/mol. The number of hydrogen-bond acceptors (Lipinski definition) is 2. The Balaban J connectivity index is 0.00000245. The van der Waals surface area contributed by atoms with E-state index in [0.29, 0.717) is 6.42 Å². The quantitative estimate of drug-likeness (QED) is 0.378. The van der Waals surface area contributed by atoms with Gasteiger partial charge in [-0.05, 0) is 73.0 Å². The summed E-state index contributed by atoms with van der Waals surface area (Å²) in [5.41, 5.74) is 5.01. The van der Waals surface area contributed by atoms with Crippen molar-refractivity contribution in [2.75, 3.05) is 6.54 Å². The molecule has 4 aromatic rings. The van der Waals surface area contributed by atoms with Gasteiger partial charge in [0.1, 0.15) is 11.6 Å². The van der Waals surface area contributed by atoms with Gasteiger partial charge in [-0.25, -0.2) is 8.78 Å². The Morgan fingerprint density at radius 1 is 0.875 bits per heavy atom. The van der Waals surface area contributed by atoms with Crippen molar-refractivity contribution in [3.8, 4) is 5.69 Å². The highest BCUT2D eigenvalue weighted by Crippen LogP contribution is 2.36. The van der Waals surface area contributed by atoms with Crippen LogP contribution in [0.2, 0.25) is 0 Å². The first-order valence-corrected chi connectivity index (χ1v) is 10.6. The predicted molar refractivity (Wildman–Crippen MR) is 125 cm³/mol. The molecule has 1 aliphatic rings. The van der Waals surface area contributed by atoms with Gasteiger partial charge in [0.05, 0.1) is 11.6 Å². The summed E-state index contributed by atoms with van der Waals surface area (Å²) < 4.78 is 29.6. The Bertz CT molecular complexity index is 1210. The molecule has 6 heteroatoms. The maximum Gasteiger partial charge on any atom is 0.123 e. The van der Waals surface area contributed by atoms with Crippen LogP contribution >= 0.6 is 12.4 Å². The molecule has 1 unspecified atom stereocenters. The number of hydrogen-bond donors (Lipinski definition) is 1. The maximum atomic E-state index is 14.0. The van der Waals surface area contributed by atoms with E-state index in [1.165, 1.54) is 18.2 Å². The van der Waals surface area contributed by atoms with E-state index in [2.05, 4.69) is 9.47 Å². The Kier molecular flexibility index (Phi) is 6.60. The van der Waals surface area contributed by atoms with Crippen molar-refractivity contribution in [3.63, 3.8) is 0 Å². The molecule has 1 aromatic heterocycles. The lowest BCUT2D eigenvalue weighted by molar-refractivity contribution is 0.155. The van der Waals surface area contributed by atoms with E-state index in [0.717, 1.165) is 59.5 Å². The second-order valence-electron chi connectivity index (χ2n) is 8.18. The molecule has 3 nitrogen and oxygen atoms in total. The normalized spacial score (nSPS) is 14.3. The third kappa shape index (κ3) is 4.29. The standard InChI is InChI=1S/C26H24F2N2O.ClH/c27-19-8-11-21(12-9-19)30-24-13-10-20(28)15-22(24)23-16-29(17-25(23)30)14-4-7-26(31)18-5-2-1-3-6-18;/h1-3,5-6,8-13,15,26,31H,4,7,14,16-17H2;1H. The Morgan fingerprint density at radius 3 is 2.34 bits per heavy atom. The van der Waals surface area contributed by atoms with Gasteiger partial charge in [0.25, 0.3) is 0 Å². The minimum atomic E-state index is -0.464. The largest absolute Gasteiger partial charge is 0.388 e. The molecule has 3 aromatic carbocycles. The number of rotatable bonds is 6. The minimum Gasteiger partial charge on any atom is -0.388 e. The fourth-order valence-electron chi connectivity index (χ4n) is 4.61. The predicted octanol–water partition coefficient (Wildman–Crippen LogP) is 6.16. The van der Waals surface area contributed by atoms with Crippen molar-refractivity contribution in [3.05, 3.63) is 101 Å². The summed E-state index contributed by atoms with van der Waals surface area (Å²) in [6.07, 6.45) is 1.09. The third-order valence-corrected chi connectivity index (χ3v) is 6.12. The van der Waals surface area contributed by atoms with Crippen LogP contribution in [0.3, 0.4) is 0 Å². The topological polar surface area (TPSA) is 28.4 Å². The lowest BCUT2D eigenvalue weighted by Gasteiger charge is -2.18. The fraction of sp³-hybridized carbons (Fsp3) is 0.231. The van der Waals surface area contributed by atoms with Crippen LogP contribution in [0.25, 0.3) is 16.6 Å². The molecule has 0 spiro atoms. The lowest BCUT2D eigenvalue weighted by atomic mass is 10.1. The molecule has 2 heterocycles. The van der Waals surface area contributed by atoms with Crippen LogP contribution in [-0.2, 0) is 13.1 Å². The van der Waals surface area contributed by atoms with Crippen molar-refractivity contribution in [2.24, 2.45) is 0 Å². The highest BCUT2D eigenvalue weighted by Gasteiger charge is 2.27. The molecule has 1 aliphatic heterocycles. The van der Waals surface area contributed by atoms with Crippen molar-refractivity contribution < 1.29 is 13.9 Å². The molecular formula is C26H25ClF2N2O. The Hall–Kier alpha value is -2.73. The average Bonchev–Trinajstić information content (AvgIpc) is 3.32. The molecule has 32 heavy (non-hydrogen) atoms. The second kappa shape index (κ2) is 9.41. The van der Waals surface area contributed by atoms with Gasteiger partial charge in [0.2, 0.25) is 0 Å². The van der Waals surface area contributed by atoms with Crippen LogP contribution in [-0.4, -0.2) is 21.1 Å². The zero-order chi connectivity index (χ0) is 21.4. The Labute approximate surface area is 192 Å². The number of benzene rings is 3. The number of halogens is 3. The molecule has 0 fully saturated rings. The summed E-state index contributed by atoms with van der Waals surface area (Å²) in [6, 6.07) is 21.0. The number of aliphatic hydroxyl groups is 1. The molecular weight excluding hydrogens is 430 g/mol. The van der Waals surface area contributed by atoms with Crippen molar-refractivity contribution in [1.82, 2.24) is 9.47 Å². The summed E-state index contributed by atoms with van der Waals surface area (Å²) in [7, 11) is 0. The molecule has 166 valence electrons. The van der Waals surface area contributed by atoms with Gasteiger partial charge in [-0.15, -0.1) is 12.4 Å². The first-order chi connectivity index (χ1) is 15.1. The van der Waals surface area contributed by atoms with Crippen LogP contribution < -0.4 is 0 Å². The summed E-state index contributed by atoms with van der Waals surface area (Å²) in [5, 5.41) is 11.3. The van der Waals surface area contributed by atoms with Crippen molar-refractivity contribution in [1.29, 1.82) is 0 Å². The van der Waals surface area contributed by atoms with E-state index >= 15 is 0 Å². The number of aromatic nitrogens is 1. The first kappa shape index (κ1) is 22.5. The molecule has 0 radical (unpaired) electrons. The molecule has 0 amide bonds. The monoisotopic (exact) mass is 454 g/mol. The van der Waals surface area contributed by atoms with Crippen LogP contribution in [0.1, 0.15) is 35.8 Å². The van der Waals surface area contributed by atoms with Crippen molar-refractivity contribution in [2.45, 2.75) is 32.0 Å². The summed E-state index contributed by atoms with van der Waals surface area (Å²) in [5.74, 6) is -0.530. The van der Waals surface area contributed by atoms with E-state index in [4.69, 9.17) is 0 Å². The van der Waals surface area contributed by atoms with Crippen LogP contribution in [0, 0.1) is 11.6 Å². The van der Waals surface area contributed by atoms with Gasteiger partial charge in [0.15, 0.2) is 0 Å². The van der Waals surface area contributed by atoms with E-state index in [1.54, 1.807) is 24.3 Å². The van der Waals surface area contributed by atoms with Gasteiger partial charge in [0, 0.05) is 29.9 Å². The smallest absolute Gasteiger partial charge is 0.123 e. The van der Waals surface area contributed by atoms with E-state index in [1.807, 2.05) is 30.3 Å². The molecule has 1 atom stereocenters. The van der Waals surface area contributed by atoms with Gasteiger partial charge in [-0.1, -0.05) is 30.3 Å². The maximum absolute atomic E-state index is 14.0. The Morgan fingerprint density at radius 2 is 1.59 bits per heavy atom. The van der Waals surface area contributed by atoms with Crippen molar-refractivity contribution >= 4 is 23.3 Å². The molecule has 0 saturated carbocycles. The number of fused-ring (bicyclic) bond motifs is 3. The minimum absolute atomic E-state index is 0. The van der Waals surface area contributed by atoms with Gasteiger partial charge in [-0.2, -0.15) is 0 Å².